The van der Waals surface area contributed by atoms with E-state index in [0.717, 1.165) is 25.4 Å². The maximum atomic E-state index is 5.73. The van der Waals surface area contributed by atoms with Gasteiger partial charge in [0.1, 0.15) is 0 Å². The molecule has 2 N–H and O–H groups in total. The smallest absolute Gasteiger partial charge is 0.0160 e. The zero-order valence-corrected chi connectivity index (χ0v) is 13.0. The second-order valence-corrected chi connectivity index (χ2v) is 6.37. The van der Waals surface area contributed by atoms with Crippen molar-refractivity contribution in [3.05, 3.63) is 12.7 Å². The van der Waals surface area contributed by atoms with Crippen molar-refractivity contribution in [3.63, 3.8) is 0 Å². The molecule has 0 amide bonds. The minimum Gasteiger partial charge on any atom is -0.330 e. The van der Waals surface area contributed by atoms with Gasteiger partial charge in [0.2, 0.25) is 0 Å². The van der Waals surface area contributed by atoms with Crippen LogP contribution in [0.15, 0.2) is 12.7 Å². The van der Waals surface area contributed by atoms with Crippen LogP contribution in [0.4, 0.5) is 0 Å². The van der Waals surface area contributed by atoms with E-state index in [1.165, 1.54) is 32.4 Å². The molecule has 0 aromatic carbocycles. The van der Waals surface area contributed by atoms with Gasteiger partial charge in [0.15, 0.2) is 0 Å². The molecule has 0 spiro atoms. The zero-order chi connectivity index (χ0) is 14.0. The van der Waals surface area contributed by atoms with Gasteiger partial charge in [0.25, 0.3) is 0 Å². The fourth-order valence-corrected chi connectivity index (χ4v) is 2.57. The second kappa shape index (κ2) is 9.57. The molecule has 2 nitrogen and oxygen atoms in total. The first-order valence-electron chi connectivity index (χ1n) is 7.49. The second-order valence-electron chi connectivity index (χ2n) is 6.37. The summed E-state index contributed by atoms with van der Waals surface area (Å²) in [7, 11) is 0. The maximum Gasteiger partial charge on any atom is 0.0160 e. The molecule has 18 heavy (non-hydrogen) atoms. The normalized spacial score (nSPS) is 13.9. The molecule has 0 rings (SSSR count). The van der Waals surface area contributed by atoms with Gasteiger partial charge in [-0.05, 0) is 56.7 Å². The summed E-state index contributed by atoms with van der Waals surface area (Å²) in [5.74, 6) is 0.745. The molecule has 0 aliphatic heterocycles. The van der Waals surface area contributed by atoms with E-state index < -0.39 is 0 Å². The number of nitrogens with zero attached hydrogens (tertiary/aromatic N) is 1. The molecule has 0 heterocycles. The molecule has 1 atom stereocenters. The third kappa shape index (κ3) is 7.88. The molecule has 0 fully saturated rings. The largest absolute Gasteiger partial charge is 0.330 e. The molecule has 0 aliphatic rings. The zero-order valence-electron chi connectivity index (χ0n) is 13.0. The fourth-order valence-electron chi connectivity index (χ4n) is 2.57. The average Bonchev–Trinajstić information content (AvgIpc) is 2.27. The third-order valence-corrected chi connectivity index (χ3v) is 3.69. The first kappa shape index (κ1) is 17.7. The predicted molar refractivity (Wildman–Crippen MR) is 82.8 cm³/mol. The minimum atomic E-state index is 0.382. The van der Waals surface area contributed by atoms with Crippen molar-refractivity contribution < 1.29 is 0 Å². The van der Waals surface area contributed by atoms with E-state index in [0.29, 0.717) is 5.41 Å². The molecule has 0 radical (unpaired) electrons. The van der Waals surface area contributed by atoms with Gasteiger partial charge in [-0.3, -0.25) is 4.90 Å². The molecule has 0 saturated carbocycles. The highest BCUT2D eigenvalue weighted by Crippen LogP contribution is 2.32. The Hall–Kier alpha value is -0.340. The molecule has 0 saturated heterocycles. The topological polar surface area (TPSA) is 29.3 Å². The van der Waals surface area contributed by atoms with Crippen molar-refractivity contribution in [2.75, 3.05) is 26.2 Å². The van der Waals surface area contributed by atoms with E-state index in [1.807, 2.05) is 6.08 Å². The lowest BCUT2D eigenvalue weighted by molar-refractivity contribution is 0.197. The molecule has 0 aromatic heterocycles. The molecule has 0 bridgehead atoms. The Kier molecular flexibility index (Phi) is 9.39. The maximum absolute atomic E-state index is 5.73. The van der Waals surface area contributed by atoms with E-state index in [1.54, 1.807) is 0 Å². The van der Waals surface area contributed by atoms with Crippen LogP contribution in [0.25, 0.3) is 0 Å². The lowest BCUT2D eigenvalue weighted by Gasteiger charge is -2.31. The van der Waals surface area contributed by atoms with E-state index >= 15 is 0 Å². The van der Waals surface area contributed by atoms with Crippen LogP contribution in [0.1, 0.15) is 53.4 Å². The summed E-state index contributed by atoms with van der Waals surface area (Å²) in [6.45, 7) is 17.3. The Labute approximate surface area is 115 Å². The summed E-state index contributed by atoms with van der Waals surface area (Å²) in [5.41, 5.74) is 6.11. The van der Waals surface area contributed by atoms with Crippen molar-refractivity contribution in [3.8, 4) is 0 Å². The summed E-state index contributed by atoms with van der Waals surface area (Å²) in [5, 5.41) is 0. The monoisotopic (exact) mass is 254 g/mol. The van der Waals surface area contributed by atoms with E-state index in [2.05, 4.69) is 39.2 Å². The van der Waals surface area contributed by atoms with Crippen molar-refractivity contribution in [1.82, 2.24) is 4.90 Å². The van der Waals surface area contributed by atoms with Crippen LogP contribution >= 0.6 is 0 Å². The summed E-state index contributed by atoms with van der Waals surface area (Å²) >= 11 is 0. The standard InChI is InChI=1S/C16H34N2/c1-6-12-18(13-7-2)14-8-9-15(10-11-17)16(3,4)5/h6,15H,1,7-14,17H2,2-5H3. The van der Waals surface area contributed by atoms with Crippen LogP contribution in [0.2, 0.25) is 0 Å². The van der Waals surface area contributed by atoms with Crippen molar-refractivity contribution in [1.29, 1.82) is 0 Å². The lowest BCUT2D eigenvalue weighted by Crippen LogP contribution is -2.28. The summed E-state index contributed by atoms with van der Waals surface area (Å²) < 4.78 is 0. The Morgan fingerprint density at radius 2 is 1.89 bits per heavy atom. The molecular formula is C16H34N2. The minimum absolute atomic E-state index is 0.382. The van der Waals surface area contributed by atoms with E-state index in [4.69, 9.17) is 5.73 Å². The van der Waals surface area contributed by atoms with E-state index in [9.17, 15) is 0 Å². The highest BCUT2D eigenvalue weighted by atomic mass is 15.1. The number of rotatable bonds is 10. The van der Waals surface area contributed by atoms with Gasteiger partial charge in [0.05, 0.1) is 0 Å². The average molecular weight is 254 g/mol. The first-order chi connectivity index (χ1) is 8.45. The Morgan fingerprint density at radius 1 is 1.22 bits per heavy atom. The van der Waals surface area contributed by atoms with Crippen molar-refractivity contribution in [2.24, 2.45) is 17.1 Å². The van der Waals surface area contributed by atoms with Crippen molar-refractivity contribution in [2.45, 2.75) is 53.4 Å². The molecule has 108 valence electrons. The quantitative estimate of drug-likeness (QED) is 0.603. The van der Waals surface area contributed by atoms with Crippen molar-refractivity contribution >= 4 is 0 Å². The first-order valence-corrected chi connectivity index (χ1v) is 7.49. The Balaban J connectivity index is 4.06. The van der Waals surface area contributed by atoms with Gasteiger partial charge in [-0.15, -0.1) is 6.58 Å². The van der Waals surface area contributed by atoms with Crippen LogP contribution in [-0.2, 0) is 0 Å². The molecular weight excluding hydrogens is 220 g/mol. The van der Waals surface area contributed by atoms with Gasteiger partial charge in [0, 0.05) is 6.54 Å². The van der Waals surface area contributed by atoms with Gasteiger partial charge in [-0.1, -0.05) is 33.8 Å². The van der Waals surface area contributed by atoms with Gasteiger partial charge < -0.3 is 5.73 Å². The molecule has 1 unspecified atom stereocenters. The highest BCUT2D eigenvalue weighted by Gasteiger charge is 2.23. The van der Waals surface area contributed by atoms with Crippen LogP contribution in [0.5, 0.6) is 0 Å². The molecule has 0 aliphatic carbocycles. The van der Waals surface area contributed by atoms with Gasteiger partial charge >= 0.3 is 0 Å². The van der Waals surface area contributed by atoms with Gasteiger partial charge in [-0.25, -0.2) is 0 Å². The van der Waals surface area contributed by atoms with E-state index in [-0.39, 0.29) is 0 Å². The predicted octanol–water partition coefficient (Wildman–Crippen LogP) is 3.68. The van der Waals surface area contributed by atoms with Gasteiger partial charge in [-0.2, -0.15) is 0 Å². The fraction of sp³-hybridized carbons (Fsp3) is 0.875. The summed E-state index contributed by atoms with van der Waals surface area (Å²) in [4.78, 5) is 2.50. The number of hydrogen-bond acceptors (Lipinski definition) is 2. The van der Waals surface area contributed by atoms with Crippen LogP contribution in [-0.4, -0.2) is 31.1 Å². The third-order valence-electron chi connectivity index (χ3n) is 3.69. The number of nitrogens with two attached hydrogens (primary N) is 1. The SMILES string of the molecule is C=CCN(CCC)CCCC(CCN)C(C)(C)C. The highest BCUT2D eigenvalue weighted by molar-refractivity contribution is 4.77. The molecule has 2 heteroatoms. The summed E-state index contributed by atoms with van der Waals surface area (Å²) in [6.07, 6.45) is 6.95. The van der Waals surface area contributed by atoms with Crippen LogP contribution in [0.3, 0.4) is 0 Å². The summed E-state index contributed by atoms with van der Waals surface area (Å²) in [6, 6.07) is 0. The number of hydrogen-bond donors (Lipinski definition) is 1. The van der Waals surface area contributed by atoms with Crippen LogP contribution < -0.4 is 5.73 Å². The molecule has 0 aromatic rings. The lowest BCUT2D eigenvalue weighted by atomic mass is 9.76. The van der Waals surface area contributed by atoms with Crippen LogP contribution in [0, 0.1) is 11.3 Å². The Morgan fingerprint density at radius 3 is 2.33 bits per heavy atom. The Bertz CT molecular complexity index is 206.